The number of halogens is 7. The molecule has 22 heavy (non-hydrogen) atoms. The Bertz CT molecular complexity index is 574. The third-order valence-electron chi connectivity index (χ3n) is 2.63. The summed E-state index contributed by atoms with van der Waals surface area (Å²) < 4.78 is 80.0. The average molecular weight is 369 g/mol. The molecular formula is C10H11ClF6N2O2Si. The van der Waals surface area contributed by atoms with Crippen LogP contribution >= 0.6 is 11.6 Å². The summed E-state index contributed by atoms with van der Waals surface area (Å²) in [6.45, 7) is 0.746. The fourth-order valence-corrected chi connectivity index (χ4v) is 2.76. The van der Waals surface area contributed by atoms with Crippen LogP contribution in [0.25, 0.3) is 0 Å². The zero-order valence-electron chi connectivity index (χ0n) is 11.1. The van der Waals surface area contributed by atoms with Gasteiger partial charge < -0.3 is 4.74 Å². The monoisotopic (exact) mass is 368 g/mol. The molecule has 0 radical (unpaired) electrons. The Hall–Kier alpha value is -1.07. The molecule has 4 nitrogen and oxygen atoms in total. The molecule has 0 aromatic carbocycles. The van der Waals surface area contributed by atoms with Gasteiger partial charge >= 0.3 is 12.4 Å². The summed E-state index contributed by atoms with van der Waals surface area (Å²) >= 11 is 5.28. The summed E-state index contributed by atoms with van der Waals surface area (Å²) in [6, 6.07) is 0. The predicted octanol–water partition coefficient (Wildman–Crippen LogP) is 2.39. The van der Waals surface area contributed by atoms with E-state index in [-0.39, 0.29) is 0 Å². The van der Waals surface area contributed by atoms with Gasteiger partial charge in [-0.3, -0.25) is 4.79 Å². The molecule has 0 saturated carbocycles. The first kappa shape index (κ1) is 19.0. The smallest absolute Gasteiger partial charge is 0.360 e. The summed E-state index contributed by atoms with van der Waals surface area (Å²) in [7, 11) is -1.26. The van der Waals surface area contributed by atoms with Gasteiger partial charge in [0.25, 0.3) is 5.56 Å². The van der Waals surface area contributed by atoms with Gasteiger partial charge in [-0.05, 0) is 0 Å². The fraction of sp³-hybridized carbons (Fsp3) is 0.600. The third-order valence-corrected chi connectivity index (χ3v) is 4.35. The highest BCUT2D eigenvalue weighted by Gasteiger charge is 2.38. The second-order valence-electron chi connectivity index (χ2n) is 4.32. The van der Waals surface area contributed by atoms with Crippen molar-refractivity contribution in [2.75, 3.05) is 0 Å². The van der Waals surface area contributed by atoms with E-state index >= 15 is 0 Å². The second-order valence-corrected chi connectivity index (χ2v) is 6.45. The Morgan fingerprint density at radius 1 is 1.36 bits per heavy atom. The van der Waals surface area contributed by atoms with E-state index in [4.69, 9.17) is 16.3 Å². The van der Waals surface area contributed by atoms with Crippen LogP contribution in [0.15, 0.2) is 11.0 Å². The van der Waals surface area contributed by atoms with Gasteiger partial charge in [0, 0.05) is 0 Å². The minimum absolute atomic E-state index is 0.294. The lowest BCUT2D eigenvalue weighted by atomic mass is 10.3. The van der Waals surface area contributed by atoms with Crippen LogP contribution in [-0.4, -0.2) is 31.2 Å². The lowest BCUT2D eigenvalue weighted by molar-refractivity contribution is -0.155. The minimum atomic E-state index is -5.00. The Balaban J connectivity index is 2.94. The lowest BCUT2D eigenvalue weighted by Crippen LogP contribution is -2.34. The molecule has 126 valence electrons. The zero-order chi connectivity index (χ0) is 17.1. The van der Waals surface area contributed by atoms with Crippen molar-refractivity contribution in [3.8, 4) is 0 Å². The van der Waals surface area contributed by atoms with E-state index in [9.17, 15) is 31.1 Å². The third kappa shape index (κ3) is 5.28. The van der Waals surface area contributed by atoms with Gasteiger partial charge in [0.2, 0.25) is 0 Å². The molecule has 1 atom stereocenters. The number of rotatable bonds is 5. The van der Waals surface area contributed by atoms with Crippen LogP contribution in [0.4, 0.5) is 26.3 Å². The maximum Gasteiger partial charge on any atom is 0.423 e. The van der Waals surface area contributed by atoms with E-state index in [1.807, 2.05) is 0 Å². The van der Waals surface area contributed by atoms with Gasteiger partial charge in [-0.1, -0.05) is 18.1 Å². The van der Waals surface area contributed by atoms with Gasteiger partial charge in [0.15, 0.2) is 0 Å². The highest BCUT2D eigenvalue weighted by atomic mass is 35.5. The quantitative estimate of drug-likeness (QED) is 0.592. The fourth-order valence-electron chi connectivity index (χ4n) is 1.57. The summed E-state index contributed by atoms with van der Waals surface area (Å²) in [5, 5.41) is 2.45. The molecule has 12 heteroatoms. The van der Waals surface area contributed by atoms with Gasteiger partial charge in [0.1, 0.15) is 12.3 Å². The molecule has 0 spiro atoms. The number of hydrogen-bond donors (Lipinski definition) is 0. The lowest BCUT2D eigenvalue weighted by Gasteiger charge is -2.18. The van der Waals surface area contributed by atoms with Crippen LogP contribution in [0, 0.1) is 0 Å². The highest BCUT2D eigenvalue weighted by Crippen LogP contribution is 2.31. The molecule has 0 aliphatic carbocycles. The van der Waals surface area contributed by atoms with E-state index in [0.717, 1.165) is 0 Å². The molecule has 0 aliphatic rings. The Morgan fingerprint density at radius 3 is 2.41 bits per heavy atom. The van der Waals surface area contributed by atoms with E-state index < -0.39 is 56.9 Å². The topological polar surface area (TPSA) is 44.1 Å². The highest BCUT2D eigenvalue weighted by molar-refractivity contribution is 6.35. The van der Waals surface area contributed by atoms with E-state index in [0.29, 0.717) is 10.9 Å². The van der Waals surface area contributed by atoms with E-state index in [1.165, 1.54) is 0 Å². The van der Waals surface area contributed by atoms with Crippen molar-refractivity contribution in [1.29, 1.82) is 0 Å². The molecule has 0 saturated heterocycles. The Labute approximate surface area is 127 Å². The van der Waals surface area contributed by atoms with Crippen molar-refractivity contribution in [2.45, 2.75) is 37.8 Å². The minimum Gasteiger partial charge on any atom is -0.360 e. The summed E-state index contributed by atoms with van der Waals surface area (Å²) in [6.07, 6.45) is -10.1. The molecule has 0 bridgehead atoms. The maximum atomic E-state index is 12.7. The van der Waals surface area contributed by atoms with Gasteiger partial charge in [-0.25, -0.2) is 4.68 Å². The molecule has 1 unspecified atom stereocenters. The van der Waals surface area contributed by atoms with Crippen molar-refractivity contribution in [2.24, 2.45) is 0 Å². The average Bonchev–Trinajstić information content (AvgIpc) is 2.33. The predicted molar refractivity (Wildman–Crippen MR) is 68.5 cm³/mol. The molecule has 0 fully saturated rings. The van der Waals surface area contributed by atoms with Crippen molar-refractivity contribution in [3.05, 3.63) is 27.1 Å². The van der Waals surface area contributed by atoms with Crippen molar-refractivity contribution in [3.63, 3.8) is 0 Å². The number of hydrogen-bond acceptors (Lipinski definition) is 3. The first-order chi connectivity index (χ1) is 9.95. The number of nitrogens with zero attached hydrogens (tertiary/aromatic N) is 2. The number of alkyl halides is 6. The molecular weight excluding hydrogens is 358 g/mol. The van der Waals surface area contributed by atoms with Crippen LogP contribution in [-0.2, 0) is 17.6 Å². The standard InChI is InChI=1S/C10H11ClF6N2O2Si/c1-22-6(2-9(12,13)14)21-4-19-8(20)7(10(15,16)17)5(11)3-18-19/h3,6H,2,4,22H2,1H3. The maximum absolute atomic E-state index is 12.7. The zero-order valence-corrected chi connectivity index (χ0v) is 13.3. The van der Waals surface area contributed by atoms with Gasteiger partial charge in [0.05, 0.1) is 32.9 Å². The van der Waals surface area contributed by atoms with Crippen molar-refractivity contribution >= 4 is 21.1 Å². The number of ether oxygens (including phenoxy) is 1. The van der Waals surface area contributed by atoms with Crippen LogP contribution in [0.2, 0.25) is 11.6 Å². The van der Waals surface area contributed by atoms with Crippen LogP contribution in [0.5, 0.6) is 0 Å². The van der Waals surface area contributed by atoms with Crippen molar-refractivity contribution < 1.29 is 31.1 Å². The normalized spacial score (nSPS) is 14.7. The summed E-state index contributed by atoms with van der Waals surface area (Å²) in [5.41, 5.74) is -4.35. The van der Waals surface area contributed by atoms with Crippen LogP contribution < -0.4 is 5.56 Å². The molecule has 1 aromatic heterocycles. The van der Waals surface area contributed by atoms with Gasteiger partial charge in [-0.2, -0.15) is 31.4 Å². The molecule has 0 N–H and O–H groups in total. The van der Waals surface area contributed by atoms with E-state index in [1.54, 1.807) is 6.55 Å². The molecule has 0 aliphatic heterocycles. The van der Waals surface area contributed by atoms with Crippen LogP contribution in [0.3, 0.4) is 0 Å². The number of aromatic nitrogens is 2. The van der Waals surface area contributed by atoms with Crippen LogP contribution in [0.1, 0.15) is 12.0 Å². The second kappa shape index (κ2) is 7.00. The molecule has 1 rings (SSSR count). The SMILES string of the molecule is C[SiH2]C(CC(F)(F)F)OCn1ncc(Cl)c(C(F)(F)F)c1=O. The molecule has 1 aromatic rings. The molecule has 0 amide bonds. The largest absolute Gasteiger partial charge is 0.423 e. The Kier molecular flexibility index (Phi) is 6.04. The van der Waals surface area contributed by atoms with Gasteiger partial charge in [-0.15, -0.1) is 0 Å². The Morgan fingerprint density at radius 2 is 1.95 bits per heavy atom. The first-order valence-electron chi connectivity index (χ1n) is 5.97. The molecule has 1 heterocycles. The summed E-state index contributed by atoms with van der Waals surface area (Å²) in [4.78, 5) is 11.6. The van der Waals surface area contributed by atoms with E-state index in [2.05, 4.69) is 5.10 Å². The first-order valence-corrected chi connectivity index (χ1v) is 8.57. The van der Waals surface area contributed by atoms with Crippen molar-refractivity contribution in [1.82, 2.24) is 9.78 Å². The summed E-state index contributed by atoms with van der Waals surface area (Å²) in [5.74, 6) is 0.